The molecule has 1 aromatic carbocycles. The molecule has 0 aromatic heterocycles. The minimum absolute atomic E-state index is 0.567. The van der Waals surface area contributed by atoms with E-state index in [1.807, 2.05) is 112 Å². The summed E-state index contributed by atoms with van der Waals surface area (Å²) in [5.74, 6) is 1.70. The molecule has 0 heterocycles. The van der Waals surface area contributed by atoms with Crippen LogP contribution < -0.4 is 14.2 Å². The zero-order valence-corrected chi connectivity index (χ0v) is 29.6. The van der Waals surface area contributed by atoms with E-state index in [4.69, 9.17) is 14.2 Å². The molecule has 0 saturated heterocycles. The third kappa shape index (κ3) is 14.3. The van der Waals surface area contributed by atoms with Gasteiger partial charge in [0.1, 0.15) is 36.1 Å². The van der Waals surface area contributed by atoms with Crippen LogP contribution in [0.25, 0.3) is 18.2 Å². The highest BCUT2D eigenvalue weighted by atomic mass is 16.5. The van der Waals surface area contributed by atoms with Crippen molar-refractivity contribution in [3.05, 3.63) is 141 Å². The van der Waals surface area contributed by atoms with E-state index in [1.54, 1.807) is 60.3 Å². The number of methoxy groups -OCH3 is 3. The molecule has 0 saturated carbocycles. The first-order chi connectivity index (χ1) is 23.1. The Morgan fingerprint density at radius 1 is 0.375 bits per heavy atom. The minimum Gasteiger partial charge on any atom is -0.495 e. The van der Waals surface area contributed by atoms with Gasteiger partial charge in [-0.2, -0.15) is 0 Å². The quantitative estimate of drug-likeness (QED) is 0.0896. The molecule has 0 aliphatic heterocycles. The number of rotatable bonds is 18. The summed E-state index contributed by atoms with van der Waals surface area (Å²) in [6, 6.07) is 0. The summed E-state index contributed by atoms with van der Waals surface area (Å²) >= 11 is 0. The highest BCUT2D eigenvalue weighted by Crippen LogP contribution is 2.46. The smallest absolute Gasteiger partial charge is 0.145 e. The molecule has 0 N–H and O–H groups in total. The van der Waals surface area contributed by atoms with Crippen molar-refractivity contribution >= 4 is 37.1 Å². The Morgan fingerprint density at radius 3 is 0.812 bits per heavy atom. The van der Waals surface area contributed by atoms with Crippen molar-refractivity contribution in [3.63, 3.8) is 0 Å². The van der Waals surface area contributed by atoms with E-state index in [1.165, 1.54) is 0 Å². The fourth-order valence-electron chi connectivity index (χ4n) is 4.09. The fourth-order valence-corrected chi connectivity index (χ4v) is 4.09. The lowest BCUT2D eigenvalue weighted by Crippen LogP contribution is -2.02. The van der Waals surface area contributed by atoms with E-state index in [0.29, 0.717) is 34.0 Å². The van der Waals surface area contributed by atoms with Crippen molar-refractivity contribution in [1.29, 1.82) is 0 Å². The molecule has 6 heteroatoms. The maximum atomic E-state index is 10.9. The fraction of sp³-hybridized carbons (Fsp3) is 0.214. The highest BCUT2D eigenvalue weighted by molar-refractivity contribution is 5.85. The number of ether oxygens (including phenoxy) is 3. The van der Waals surface area contributed by atoms with Crippen molar-refractivity contribution in [2.45, 2.75) is 41.5 Å². The second kappa shape index (κ2) is 22.9. The summed E-state index contributed by atoms with van der Waals surface area (Å²) in [4.78, 5) is 32.6. The van der Waals surface area contributed by atoms with Crippen LogP contribution in [-0.2, 0) is 14.4 Å². The van der Waals surface area contributed by atoms with E-state index < -0.39 is 0 Å². The Labute approximate surface area is 286 Å². The molecule has 0 atom stereocenters. The molecule has 0 spiro atoms. The van der Waals surface area contributed by atoms with Crippen LogP contribution in [0.5, 0.6) is 17.2 Å². The summed E-state index contributed by atoms with van der Waals surface area (Å²) in [5.41, 5.74) is 7.01. The van der Waals surface area contributed by atoms with E-state index >= 15 is 0 Å². The second-order valence-corrected chi connectivity index (χ2v) is 10.8. The number of hydrogen-bond donors (Lipinski definition) is 0. The van der Waals surface area contributed by atoms with Crippen LogP contribution in [0.2, 0.25) is 0 Å². The molecule has 6 nitrogen and oxygen atoms in total. The zero-order valence-electron chi connectivity index (χ0n) is 29.6. The molecule has 252 valence electrons. The Hall–Kier alpha value is -5.49. The number of hydrogen-bond acceptors (Lipinski definition) is 6. The normalized spacial score (nSPS) is 14.4. The zero-order chi connectivity index (χ0) is 35.9. The number of benzene rings is 1. The van der Waals surface area contributed by atoms with Crippen LogP contribution in [0.3, 0.4) is 0 Å². The molecule has 48 heavy (non-hydrogen) atoms. The Kier molecular flexibility index (Phi) is 19.4. The van der Waals surface area contributed by atoms with Crippen molar-refractivity contribution < 1.29 is 28.6 Å². The number of carbonyl (C=O) groups excluding carboxylic acids is 3. The van der Waals surface area contributed by atoms with Gasteiger partial charge >= 0.3 is 0 Å². The molecule has 0 aliphatic carbocycles. The maximum Gasteiger partial charge on any atom is 0.145 e. The predicted molar refractivity (Wildman–Crippen MR) is 201 cm³/mol. The lowest BCUT2D eigenvalue weighted by atomic mass is 9.98. The summed E-state index contributed by atoms with van der Waals surface area (Å²) in [6.07, 6.45) is 36.3. The van der Waals surface area contributed by atoms with Gasteiger partial charge < -0.3 is 14.2 Å². The van der Waals surface area contributed by atoms with Crippen LogP contribution in [0.4, 0.5) is 0 Å². The predicted octanol–water partition coefficient (Wildman–Crippen LogP) is 9.70. The molecule has 0 aliphatic rings. The van der Waals surface area contributed by atoms with Crippen molar-refractivity contribution in [2.24, 2.45) is 0 Å². The Bertz CT molecular complexity index is 1440. The SMILES string of the molecule is COc1c(/C=C/C=C(C)/C=C\C=C(/C)C=O)c(OC)c(/C=C/C=C(C)/C=C/C=C(/C)C=O)c(OC)c1/C=C/C=C(C)/C=C\C=C(/C)C=O. The van der Waals surface area contributed by atoms with Gasteiger partial charge in [-0.1, -0.05) is 108 Å². The van der Waals surface area contributed by atoms with Gasteiger partial charge in [-0.3, -0.25) is 14.4 Å². The topological polar surface area (TPSA) is 78.9 Å². The van der Waals surface area contributed by atoms with Crippen LogP contribution in [0, 0.1) is 0 Å². The first-order valence-corrected chi connectivity index (χ1v) is 15.4. The van der Waals surface area contributed by atoms with E-state index in [0.717, 1.165) is 52.3 Å². The molecular weight excluding hydrogens is 600 g/mol. The first kappa shape index (κ1) is 40.5. The van der Waals surface area contributed by atoms with Crippen molar-refractivity contribution in [2.75, 3.05) is 21.3 Å². The molecule has 1 rings (SSSR count). The van der Waals surface area contributed by atoms with Gasteiger partial charge in [-0.15, -0.1) is 0 Å². The lowest BCUT2D eigenvalue weighted by molar-refractivity contribution is -0.105. The minimum atomic E-state index is 0.567. The molecule has 0 radical (unpaired) electrons. The average Bonchev–Trinajstić information content (AvgIpc) is 3.07. The molecular formula is C42H48O6. The van der Waals surface area contributed by atoms with Gasteiger partial charge in [0, 0.05) is 0 Å². The largest absolute Gasteiger partial charge is 0.495 e. The lowest BCUT2D eigenvalue weighted by Gasteiger charge is -2.20. The molecule has 0 amide bonds. The highest BCUT2D eigenvalue weighted by Gasteiger charge is 2.22. The second-order valence-electron chi connectivity index (χ2n) is 10.8. The number of allylic oxidation sites excluding steroid dienone is 21. The van der Waals surface area contributed by atoms with Crippen molar-refractivity contribution in [1.82, 2.24) is 0 Å². The summed E-state index contributed by atoms with van der Waals surface area (Å²) in [7, 11) is 4.82. The standard InChI is InChI=1S/C42H48O6/c1-31(16-10-22-34(4)28-43)19-13-25-37-40(46-7)38(26-14-20-32(2)17-11-23-35(5)29-44)42(48-9)39(41(37)47-8)27-15-21-33(3)18-12-24-36(6)30-45/h10-30H,1-9H3/b16-10-,17-11-,18-12+,25-13+,26-14+,27-15+,31-19+,32-20+,33-21+,34-22+,35-23+,36-24-. The van der Waals surface area contributed by atoms with Gasteiger partial charge in [0.05, 0.1) is 38.0 Å². The average molecular weight is 649 g/mol. The van der Waals surface area contributed by atoms with Crippen LogP contribution >= 0.6 is 0 Å². The molecule has 0 fully saturated rings. The van der Waals surface area contributed by atoms with Gasteiger partial charge in [0.15, 0.2) is 0 Å². The summed E-state index contributed by atoms with van der Waals surface area (Å²) in [5, 5.41) is 0. The van der Waals surface area contributed by atoms with Gasteiger partial charge in [-0.05, 0) is 76.5 Å². The monoisotopic (exact) mass is 648 g/mol. The van der Waals surface area contributed by atoms with Crippen LogP contribution in [0.15, 0.2) is 125 Å². The number of aldehydes is 3. The van der Waals surface area contributed by atoms with E-state index in [9.17, 15) is 14.4 Å². The van der Waals surface area contributed by atoms with Crippen LogP contribution in [0.1, 0.15) is 58.2 Å². The van der Waals surface area contributed by atoms with Gasteiger partial charge in [0.2, 0.25) is 0 Å². The molecule has 0 bridgehead atoms. The summed E-state index contributed by atoms with van der Waals surface area (Å²) < 4.78 is 17.9. The Balaban J connectivity index is 3.89. The number of carbonyl (C=O) groups is 3. The van der Waals surface area contributed by atoms with Gasteiger partial charge in [-0.25, -0.2) is 0 Å². The maximum absolute atomic E-state index is 10.9. The first-order valence-electron chi connectivity index (χ1n) is 15.4. The third-order valence-electron chi connectivity index (χ3n) is 6.66. The summed E-state index contributed by atoms with van der Waals surface area (Å²) in [6.45, 7) is 11.2. The van der Waals surface area contributed by atoms with Gasteiger partial charge in [0.25, 0.3) is 0 Å². The molecule has 0 unspecified atom stereocenters. The van der Waals surface area contributed by atoms with Crippen LogP contribution in [-0.4, -0.2) is 40.2 Å². The third-order valence-corrected chi connectivity index (χ3v) is 6.66. The van der Waals surface area contributed by atoms with E-state index in [2.05, 4.69) is 0 Å². The van der Waals surface area contributed by atoms with E-state index in [-0.39, 0.29) is 0 Å². The Morgan fingerprint density at radius 2 is 0.604 bits per heavy atom. The molecule has 1 aromatic rings. The van der Waals surface area contributed by atoms with Crippen molar-refractivity contribution in [3.8, 4) is 17.2 Å².